The van der Waals surface area contributed by atoms with Gasteiger partial charge in [-0.1, -0.05) is 12.1 Å². The lowest BCUT2D eigenvalue weighted by molar-refractivity contribution is -0.125. The first-order valence-corrected chi connectivity index (χ1v) is 7.96. The van der Waals surface area contributed by atoms with E-state index >= 15 is 0 Å². The Morgan fingerprint density at radius 2 is 1.95 bits per heavy atom. The van der Waals surface area contributed by atoms with Crippen molar-refractivity contribution in [1.82, 2.24) is 10.2 Å². The van der Waals surface area contributed by atoms with E-state index < -0.39 is 0 Å². The molecule has 1 atom stereocenters. The molecule has 0 bridgehead atoms. The third kappa shape index (κ3) is 2.13. The molecule has 4 rings (SSSR count). The van der Waals surface area contributed by atoms with Gasteiger partial charge in [0, 0.05) is 18.7 Å². The van der Waals surface area contributed by atoms with Crippen molar-refractivity contribution in [2.45, 2.75) is 50.6 Å². The van der Waals surface area contributed by atoms with Crippen molar-refractivity contribution < 1.29 is 9.59 Å². The molecule has 1 N–H and O–H groups in total. The van der Waals surface area contributed by atoms with Gasteiger partial charge in [0.2, 0.25) is 5.91 Å². The van der Waals surface area contributed by atoms with Crippen LogP contribution in [0.5, 0.6) is 0 Å². The number of hydrogen-bond acceptors (Lipinski definition) is 2. The summed E-state index contributed by atoms with van der Waals surface area (Å²) in [6, 6.07) is 5.76. The smallest absolute Gasteiger partial charge is 0.255 e. The maximum Gasteiger partial charge on any atom is 0.255 e. The molecular formula is C17H20N2O2. The van der Waals surface area contributed by atoms with Crippen LogP contribution in [0.3, 0.4) is 0 Å². The van der Waals surface area contributed by atoms with E-state index in [1.165, 1.54) is 24.0 Å². The number of fused-ring (bicyclic) bond motifs is 1. The zero-order valence-corrected chi connectivity index (χ0v) is 12.1. The summed E-state index contributed by atoms with van der Waals surface area (Å²) in [6.07, 6.45) is 5.25. The van der Waals surface area contributed by atoms with Crippen molar-refractivity contribution in [2.24, 2.45) is 0 Å². The van der Waals surface area contributed by atoms with Crippen LogP contribution in [0.4, 0.5) is 0 Å². The first-order chi connectivity index (χ1) is 10.3. The molecule has 1 aliphatic carbocycles. The first kappa shape index (κ1) is 12.9. The highest BCUT2D eigenvalue weighted by molar-refractivity contribution is 6.01. The number of rotatable bonds is 2. The summed E-state index contributed by atoms with van der Waals surface area (Å²) in [5.41, 5.74) is 3.32. The van der Waals surface area contributed by atoms with Crippen LogP contribution in [-0.2, 0) is 11.3 Å². The molecule has 4 nitrogen and oxygen atoms in total. The minimum Gasteiger partial charge on any atom is -0.354 e. The van der Waals surface area contributed by atoms with Crippen LogP contribution >= 0.6 is 0 Å². The van der Waals surface area contributed by atoms with Gasteiger partial charge < -0.3 is 10.2 Å². The molecular weight excluding hydrogens is 264 g/mol. The molecule has 110 valence electrons. The summed E-state index contributed by atoms with van der Waals surface area (Å²) in [7, 11) is 0. The van der Waals surface area contributed by atoms with Gasteiger partial charge in [0.15, 0.2) is 0 Å². The first-order valence-electron chi connectivity index (χ1n) is 7.96. The summed E-state index contributed by atoms with van der Waals surface area (Å²) in [4.78, 5) is 26.7. The Morgan fingerprint density at radius 1 is 1.10 bits per heavy atom. The third-order valence-corrected chi connectivity index (χ3v) is 4.93. The molecule has 0 aromatic heterocycles. The maximum absolute atomic E-state index is 12.7. The van der Waals surface area contributed by atoms with E-state index in [4.69, 9.17) is 0 Å². The number of benzene rings is 1. The molecule has 1 aromatic carbocycles. The van der Waals surface area contributed by atoms with Gasteiger partial charge in [0.25, 0.3) is 5.91 Å². The number of carbonyl (C=O) groups is 2. The van der Waals surface area contributed by atoms with Crippen LogP contribution in [0.25, 0.3) is 0 Å². The highest BCUT2D eigenvalue weighted by Crippen LogP contribution is 2.44. The molecule has 2 heterocycles. The van der Waals surface area contributed by atoms with Crippen molar-refractivity contribution in [1.29, 1.82) is 0 Å². The predicted molar refractivity (Wildman–Crippen MR) is 78.9 cm³/mol. The lowest BCUT2D eigenvalue weighted by Gasteiger charge is -2.25. The van der Waals surface area contributed by atoms with Gasteiger partial charge in [-0.3, -0.25) is 9.59 Å². The molecule has 1 aromatic rings. The average molecular weight is 284 g/mol. The van der Waals surface area contributed by atoms with Crippen LogP contribution in [0, 0.1) is 0 Å². The lowest BCUT2D eigenvalue weighted by Crippen LogP contribution is -2.45. The fraction of sp³-hybridized carbons (Fsp3) is 0.529. The third-order valence-electron chi connectivity index (χ3n) is 4.93. The molecule has 3 aliphatic rings. The highest BCUT2D eigenvalue weighted by atomic mass is 16.2. The second kappa shape index (κ2) is 4.86. The SMILES string of the molecule is O=C1NCCCCC1N1Cc2c(cccc2C2CC2)C1=O. The number of carbonyl (C=O) groups excluding carboxylic acids is 2. The van der Waals surface area contributed by atoms with Crippen LogP contribution in [0.2, 0.25) is 0 Å². The summed E-state index contributed by atoms with van der Waals surface area (Å²) < 4.78 is 0. The number of nitrogens with zero attached hydrogens (tertiary/aromatic N) is 1. The Labute approximate surface area is 124 Å². The van der Waals surface area contributed by atoms with Gasteiger partial charge in [-0.05, 0) is 55.2 Å². The summed E-state index contributed by atoms with van der Waals surface area (Å²) in [6.45, 7) is 1.34. The molecule has 21 heavy (non-hydrogen) atoms. The molecule has 0 spiro atoms. The van der Waals surface area contributed by atoms with Crippen LogP contribution in [0.1, 0.15) is 59.5 Å². The molecule has 1 saturated carbocycles. The Hall–Kier alpha value is -1.84. The van der Waals surface area contributed by atoms with Crippen LogP contribution in [0.15, 0.2) is 18.2 Å². The van der Waals surface area contributed by atoms with E-state index in [-0.39, 0.29) is 17.9 Å². The topological polar surface area (TPSA) is 49.4 Å². The zero-order chi connectivity index (χ0) is 14.4. The molecule has 2 amide bonds. The lowest BCUT2D eigenvalue weighted by atomic mass is 10.00. The van der Waals surface area contributed by atoms with Gasteiger partial charge >= 0.3 is 0 Å². The largest absolute Gasteiger partial charge is 0.354 e. The molecule has 1 unspecified atom stereocenters. The van der Waals surface area contributed by atoms with Crippen molar-refractivity contribution in [3.8, 4) is 0 Å². The quantitative estimate of drug-likeness (QED) is 0.905. The Morgan fingerprint density at radius 3 is 2.76 bits per heavy atom. The number of hydrogen-bond donors (Lipinski definition) is 1. The minimum atomic E-state index is -0.292. The summed E-state index contributed by atoms with van der Waals surface area (Å²) >= 11 is 0. The molecule has 1 saturated heterocycles. The minimum absolute atomic E-state index is 0.0154. The van der Waals surface area contributed by atoms with E-state index in [1.54, 1.807) is 4.90 Å². The molecule has 2 aliphatic heterocycles. The van der Waals surface area contributed by atoms with Gasteiger partial charge in [0.05, 0.1) is 0 Å². The standard InChI is InChI=1S/C17H20N2O2/c20-16-15(6-1-2-9-18-16)19-10-14-12(11-7-8-11)4-3-5-13(14)17(19)21/h3-5,11,15H,1-2,6-10H2,(H,18,20). The molecule has 2 fully saturated rings. The van der Waals surface area contributed by atoms with Crippen molar-refractivity contribution in [3.05, 3.63) is 34.9 Å². The predicted octanol–water partition coefficient (Wildman–Crippen LogP) is 2.19. The monoisotopic (exact) mass is 284 g/mol. The Bertz CT molecular complexity index is 607. The van der Waals surface area contributed by atoms with Crippen LogP contribution in [-0.4, -0.2) is 29.3 Å². The molecule has 4 heteroatoms. The number of nitrogens with one attached hydrogen (secondary N) is 1. The fourth-order valence-electron chi connectivity index (χ4n) is 3.63. The fourth-order valence-corrected chi connectivity index (χ4v) is 3.63. The van der Waals surface area contributed by atoms with E-state index in [0.717, 1.165) is 31.4 Å². The summed E-state index contributed by atoms with van der Waals surface area (Å²) in [5, 5.41) is 2.94. The van der Waals surface area contributed by atoms with Gasteiger partial charge in [-0.15, -0.1) is 0 Å². The highest BCUT2D eigenvalue weighted by Gasteiger charge is 2.39. The molecule has 0 radical (unpaired) electrons. The summed E-state index contributed by atoms with van der Waals surface area (Å²) in [5.74, 6) is 0.687. The Balaban J connectivity index is 1.66. The second-order valence-corrected chi connectivity index (χ2v) is 6.38. The second-order valence-electron chi connectivity index (χ2n) is 6.38. The average Bonchev–Trinajstić information content (AvgIpc) is 3.29. The van der Waals surface area contributed by atoms with E-state index in [2.05, 4.69) is 11.4 Å². The van der Waals surface area contributed by atoms with Gasteiger partial charge in [-0.25, -0.2) is 0 Å². The van der Waals surface area contributed by atoms with Crippen molar-refractivity contribution in [3.63, 3.8) is 0 Å². The van der Waals surface area contributed by atoms with E-state index in [9.17, 15) is 9.59 Å². The van der Waals surface area contributed by atoms with E-state index in [0.29, 0.717) is 12.5 Å². The van der Waals surface area contributed by atoms with Gasteiger partial charge in [0.1, 0.15) is 6.04 Å². The normalized spacial score (nSPS) is 25.5. The van der Waals surface area contributed by atoms with Crippen molar-refractivity contribution in [2.75, 3.05) is 6.54 Å². The van der Waals surface area contributed by atoms with Gasteiger partial charge in [-0.2, -0.15) is 0 Å². The Kier molecular flexibility index (Phi) is 2.98. The van der Waals surface area contributed by atoms with Crippen LogP contribution < -0.4 is 5.32 Å². The zero-order valence-electron chi connectivity index (χ0n) is 12.1. The van der Waals surface area contributed by atoms with E-state index in [1.807, 2.05) is 12.1 Å². The van der Waals surface area contributed by atoms with Crippen molar-refractivity contribution >= 4 is 11.8 Å². The number of amides is 2. The maximum atomic E-state index is 12.7.